The lowest BCUT2D eigenvalue weighted by Gasteiger charge is -2.25. The monoisotopic (exact) mass is 296 g/mol. The number of anilines is 1. The summed E-state index contributed by atoms with van der Waals surface area (Å²) in [4.78, 5) is 17.7. The molecule has 0 aliphatic heterocycles. The van der Waals surface area contributed by atoms with Gasteiger partial charge < -0.3 is 19.1 Å². The molecule has 21 heavy (non-hydrogen) atoms. The second-order valence-corrected chi connectivity index (χ2v) is 4.80. The highest BCUT2D eigenvalue weighted by atomic mass is 16.5. The van der Waals surface area contributed by atoms with Crippen LogP contribution in [0.15, 0.2) is 18.3 Å². The molecule has 0 saturated heterocycles. The van der Waals surface area contributed by atoms with Gasteiger partial charge >= 0.3 is 5.97 Å². The second kappa shape index (κ2) is 9.18. The Labute approximate surface area is 126 Å². The molecule has 0 atom stereocenters. The Bertz CT molecular complexity index is 437. The molecule has 1 heterocycles. The number of rotatable bonds is 9. The number of aromatic nitrogens is 1. The van der Waals surface area contributed by atoms with Crippen molar-refractivity contribution in [3.63, 3.8) is 0 Å². The third-order valence-corrected chi connectivity index (χ3v) is 2.79. The van der Waals surface area contributed by atoms with Crippen LogP contribution < -0.4 is 9.64 Å². The van der Waals surface area contributed by atoms with E-state index in [1.807, 2.05) is 30.9 Å². The Morgan fingerprint density at radius 1 is 1.33 bits per heavy atom. The smallest absolute Gasteiger partial charge is 0.307 e. The Balaban J connectivity index is 2.87. The van der Waals surface area contributed by atoms with Gasteiger partial charge in [0.1, 0.15) is 0 Å². The van der Waals surface area contributed by atoms with Crippen molar-refractivity contribution in [1.29, 1.82) is 0 Å². The molecule has 1 aromatic heterocycles. The van der Waals surface area contributed by atoms with Crippen LogP contribution in [0.5, 0.6) is 5.75 Å². The highest BCUT2D eigenvalue weighted by Gasteiger charge is 2.16. The third-order valence-electron chi connectivity index (χ3n) is 2.79. The molecule has 0 spiro atoms. The fourth-order valence-corrected chi connectivity index (χ4v) is 1.82. The van der Waals surface area contributed by atoms with E-state index in [-0.39, 0.29) is 18.5 Å². The van der Waals surface area contributed by atoms with Crippen molar-refractivity contribution >= 4 is 11.8 Å². The molecule has 0 aromatic carbocycles. The fourth-order valence-electron chi connectivity index (χ4n) is 1.82. The molecule has 6 nitrogen and oxygen atoms in total. The highest BCUT2D eigenvalue weighted by Crippen LogP contribution is 2.26. The summed E-state index contributed by atoms with van der Waals surface area (Å²) < 4.78 is 15.6. The van der Waals surface area contributed by atoms with Crippen LogP contribution in [-0.4, -0.2) is 51.0 Å². The molecule has 0 radical (unpaired) electrons. The predicted molar refractivity (Wildman–Crippen MR) is 80.7 cm³/mol. The van der Waals surface area contributed by atoms with Crippen LogP contribution in [0.4, 0.5) is 5.82 Å². The van der Waals surface area contributed by atoms with E-state index in [0.29, 0.717) is 31.3 Å². The highest BCUT2D eigenvalue weighted by molar-refractivity contribution is 5.70. The van der Waals surface area contributed by atoms with Gasteiger partial charge in [-0.1, -0.05) is 0 Å². The number of hydrogen-bond acceptors (Lipinski definition) is 6. The van der Waals surface area contributed by atoms with Gasteiger partial charge in [-0.3, -0.25) is 4.79 Å². The maximum Gasteiger partial charge on any atom is 0.307 e. The zero-order valence-electron chi connectivity index (χ0n) is 13.2. The van der Waals surface area contributed by atoms with Crippen LogP contribution >= 0.6 is 0 Å². The number of carbonyl (C=O) groups excluding carboxylic acids is 1. The Morgan fingerprint density at radius 3 is 2.71 bits per heavy atom. The first-order valence-electron chi connectivity index (χ1n) is 7.00. The Kier molecular flexibility index (Phi) is 7.53. The van der Waals surface area contributed by atoms with E-state index in [0.717, 1.165) is 0 Å². The standard InChI is InChI=1S/C15H24N2O4/c1-12(2)21-13-6-5-8-16-15(13)17(10-11-19-3)9-7-14(18)20-4/h5-6,8,12H,7,9-11H2,1-4H3. The topological polar surface area (TPSA) is 60.9 Å². The number of carbonyl (C=O) groups is 1. The number of esters is 1. The summed E-state index contributed by atoms with van der Waals surface area (Å²) >= 11 is 0. The van der Waals surface area contributed by atoms with Gasteiger partial charge in [-0.2, -0.15) is 0 Å². The number of methoxy groups -OCH3 is 2. The van der Waals surface area contributed by atoms with Gasteiger partial charge in [0.25, 0.3) is 0 Å². The summed E-state index contributed by atoms with van der Waals surface area (Å²) in [5, 5.41) is 0. The molecule has 0 saturated carbocycles. The summed E-state index contributed by atoms with van der Waals surface area (Å²) in [7, 11) is 3.03. The molecule has 0 bridgehead atoms. The van der Waals surface area contributed by atoms with Gasteiger partial charge in [0, 0.05) is 26.4 Å². The summed E-state index contributed by atoms with van der Waals surface area (Å²) in [6, 6.07) is 3.70. The van der Waals surface area contributed by atoms with Gasteiger partial charge in [0.2, 0.25) is 0 Å². The van der Waals surface area contributed by atoms with Gasteiger partial charge in [-0.05, 0) is 26.0 Å². The number of pyridine rings is 1. The van der Waals surface area contributed by atoms with Crippen LogP contribution in [0.1, 0.15) is 20.3 Å². The van der Waals surface area contributed by atoms with Crippen molar-refractivity contribution in [1.82, 2.24) is 4.98 Å². The van der Waals surface area contributed by atoms with Crippen LogP contribution in [0, 0.1) is 0 Å². The summed E-state index contributed by atoms with van der Waals surface area (Å²) in [5.41, 5.74) is 0. The van der Waals surface area contributed by atoms with Crippen molar-refractivity contribution in [3.05, 3.63) is 18.3 Å². The predicted octanol–water partition coefficient (Wildman–Crippen LogP) is 1.88. The third kappa shape index (κ3) is 5.99. The molecule has 0 fully saturated rings. The van der Waals surface area contributed by atoms with Gasteiger partial charge in [0.15, 0.2) is 11.6 Å². The van der Waals surface area contributed by atoms with Crippen molar-refractivity contribution < 1.29 is 19.0 Å². The molecule has 0 N–H and O–H groups in total. The average Bonchev–Trinajstić information content (AvgIpc) is 2.47. The van der Waals surface area contributed by atoms with E-state index >= 15 is 0 Å². The lowest BCUT2D eigenvalue weighted by atomic mass is 10.3. The van der Waals surface area contributed by atoms with E-state index in [9.17, 15) is 4.79 Å². The van der Waals surface area contributed by atoms with Crippen molar-refractivity contribution in [2.75, 3.05) is 38.8 Å². The van der Waals surface area contributed by atoms with E-state index in [4.69, 9.17) is 9.47 Å². The van der Waals surface area contributed by atoms with Gasteiger partial charge in [0.05, 0.1) is 26.2 Å². The first-order valence-corrected chi connectivity index (χ1v) is 7.00. The minimum absolute atomic E-state index is 0.0535. The Morgan fingerprint density at radius 2 is 2.10 bits per heavy atom. The van der Waals surface area contributed by atoms with E-state index in [1.54, 1.807) is 13.3 Å². The zero-order chi connectivity index (χ0) is 15.7. The number of hydrogen-bond donors (Lipinski definition) is 0. The minimum atomic E-state index is -0.250. The first-order chi connectivity index (χ1) is 10.1. The minimum Gasteiger partial charge on any atom is -0.487 e. The largest absolute Gasteiger partial charge is 0.487 e. The molecule has 1 aromatic rings. The van der Waals surface area contributed by atoms with Crippen LogP contribution in [-0.2, 0) is 14.3 Å². The van der Waals surface area contributed by atoms with E-state index < -0.39 is 0 Å². The molecule has 0 unspecified atom stereocenters. The zero-order valence-corrected chi connectivity index (χ0v) is 13.2. The van der Waals surface area contributed by atoms with E-state index in [2.05, 4.69) is 9.72 Å². The van der Waals surface area contributed by atoms with Crippen molar-refractivity contribution in [2.45, 2.75) is 26.4 Å². The molecule has 118 valence electrons. The molecular weight excluding hydrogens is 272 g/mol. The Hall–Kier alpha value is -1.82. The molecule has 0 amide bonds. The van der Waals surface area contributed by atoms with Crippen LogP contribution in [0.25, 0.3) is 0 Å². The average molecular weight is 296 g/mol. The summed E-state index contributed by atoms with van der Waals surface area (Å²) in [6.45, 7) is 5.59. The summed E-state index contributed by atoms with van der Waals surface area (Å²) in [5.74, 6) is 1.17. The maximum absolute atomic E-state index is 11.4. The quantitative estimate of drug-likeness (QED) is 0.649. The fraction of sp³-hybridized carbons (Fsp3) is 0.600. The lowest BCUT2D eigenvalue weighted by Crippen LogP contribution is -2.31. The first kappa shape index (κ1) is 17.2. The molecule has 6 heteroatoms. The van der Waals surface area contributed by atoms with Crippen LogP contribution in [0.2, 0.25) is 0 Å². The second-order valence-electron chi connectivity index (χ2n) is 4.80. The van der Waals surface area contributed by atoms with Gasteiger partial charge in [-0.25, -0.2) is 4.98 Å². The maximum atomic E-state index is 11.4. The summed E-state index contributed by atoms with van der Waals surface area (Å²) in [6.07, 6.45) is 2.05. The van der Waals surface area contributed by atoms with E-state index in [1.165, 1.54) is 7.11 Å². The molecular formula is C15H24N2O4. The number of nitrogens with zero attached hydrogens (tertiary/aromatic N) is 2. The molecule has 0 aliphatic rings. The molecule has 0 aliphatic carbocycles. The number of ether oxygens (including phenoxy) is 3. The van der Waals surface area contributed by atoms with Gasteiger partial charge in [-0.15, -0.1) is 0 Å². The lowest BCUT2D eigenvalue weighted by molar-refractivity contribution is -0.140. The van der Waals surface area contributed by atoms with Crippen LogP contribution in [0.3, 0.4) is 0 Å². The normalized spacial score (nSPS) is 10.5. The van der Waals surface area contributed by atoms with Crippen molar-refractivity contribution in [3.8, 4) is 5.75 Å². The van der Waals surface area contributed by atoms with Crippen molar-refractivity contribution in [2.24, 2.45) is 0 Å². The molecule has 1 rings (SSSR count). The SMILES string of the molecule is COCCN(CCC(=O)OC)c1ncccc1OC(C)C.